The average molecular weight is 410 g/mol. The molecular formula is C28H43NO. The number of hydrogen-bond acceptors (Lipinski definition) is 2. The van der Waals surface area contributed by atoms with Crippen LogP contribution in [0.4, 0.5) is 0 Å². The van der Waals surface area contributed by atoms with E-state index in [-0.39, 0.29) is 0 Å². The molecule has 0 amide bonds. The summed E-state index contributed by atoms with van der Waals surface area (Å²) < 4.78 is 0. The second kappa shape index (κ2) is 7.52. The van der Waals surface area contributed by atoms with Crippen LogP contribution in [0.2, 0.25) is 0 Å². The molecule has 3 saturated carbocycles. The Morgan fingerprint density at radius 2 is 1.87 bits per heavy atom. The Morgan fingerprint density at radius 3 is 2.67 bits per heavy atom. The Kier molecular flexibility index (Phi) is 5.22. The van der Waals surface area contributed by atoms with Crippen LogP contribution in [0.25, 0.3) is 0 Å². The molecule has 0 aromatic carbocycles. The number of hydrogen-bond donors (Lipinski definition) is 0. The van der Waals surface area contributed by atoms with Crippen molar-refractivity contribution in [2.75, 3.05) is 6.54 Å². The Morgan fingerprint density at radius 1 is 1.03 bits per heavy atom. The first-order chi connectivity index (χ1) is 14.3. The summed E-state index contributed by atoms with van der Waals surface area (Å²) in [5.74, 6) is 3.74. The lowest BCUT2D eigenvalue weighted by atomic mass is 9.46. The minimum atomic E-state index is 0.310. The lowest BCUT2D eigenvalue weighted by Gasteiger charge is -2.58. The van der Waals surface area contributed by atoms with Crippen LogP contribution in [0.15, 0.2) is 23.4 Å². The third-order valence-corrected chi connectivity index (χ3v) is 10.7. The van der Waals surface area contributed by atoms with Gasteiger partial charge in [-0.25, -0.2) is 0 Å². The fourth-order valence-electron chi connectivity index (χ4n) is 8.97. The van der Waals surface area contributed by atoms with Crippen molar-refractivity contribution in [3.8, 4) is 0 Å². The van der Waals surface area contributed by atoms with Gasteiger partial charge in [0.1, 0.15) is 0 Å². The summed E-state index contributed by atoms with van der Waals surface area (Å²) in [5, 5.41) is 0. The van der Waals surface area contributed by atoms with Crippen LogP contribution < -0.4 is 0 Å². The maximum atomic E-state index is 12.1. The molecule has 0 unspecified atom stereocenters. The molecule has 2 heteroatoms. The third kappa shape index (κ3) is 3.15. The van der Waals surface area contributed by atoms with Crippen molar-refractivity contribution in [2.24, 2.45) is 34.5 Å². The van der Waals surface area contributed by atoms with Gasteiger partial charge in [-0.15, -0.1) is 0 Å². The largest absolute Gasteiger partial charge is 0.375 e. The summed E-state index contributed by atoms with van der Waals surface area (Å²) in [5.41, 5.74) is 3.97. The predicted octanol–water partition coefficient (Wildman–Crippen LogP) is 6.91. The maximum Gasteiger partial charge on any atom is 0.155 e. The van der Waals surface area contributed by atoms with Gasteiger partial charge in [0.2, 0.25) is 0 Å². The Bertz CT molecular complexity index is 765. The van der Waals surface area contributed by atoms with Gasteiger partial charge in [0.15, 0.2) is 5.78 Å². The van der Waals surface area contributed by atoms with Crippen molar-refractivity contribution in [1.29, 1.82) is 0 Å². The SMILES string of the molecule is C/C(=C/N1CCCC[C@@H]1C)[C@H]1CC[C@H]2[C@@H]3CCC4=CC(=O)CC[C@]4(C)[C@H]3CC[C@]12C. The number of ketones is 1. The summed E-state index contributed by atoms with van der Waals surface area (Å²) in [6.07, 6.45) is 18.7. The number of rotatable bonds is 2. The molecule has 0 aromatic heterocycles. The first-order valence-corrected chi connectivity index (χ1v) is 13.0. The average Bonchev–Trinajstić information content (AvgIpc) is 3.07. The summed E-state index contributed by atoms with van der Waals surface area (Å²) in [6, 6.07) is 0.715. The molecule has 5 rings (SSSR count). The molecule has 0 radical (unpaired) electrons. The Labute approximate surface area is 184 Å². The monoisotopic (exact) mass is 409 g/mol. The van der Waals surface area contributed by atoms with Crippen LogP contribution in [0.5, 0.6) is 0 Å². The van der Waals surface area contributed by atoms with Gasteiger partial charge in [-0.05, 0) is 125 Å². The summed E-state index contributed by atoms with van der Waals surface area (Å²) in [6.45, 7) is 11.3. The van der Waals surface area contributed by atoms with Gasteiger partial charge in [0.25, 0.3) is 0 Å². The van der Waals surface area contributed by atoms with Gasteiger partial charge < -0.3 is 4.90 Å². The minimum absolute atomic E-state index is 0.310. The van der Waals surface area contributed by atoms with E-state index in [1.165, 1.54) is 69.9 Å². The zero-order chi connectivity index (χ0) is 21.1. The number of likely N-dealkylation sites (tertiary alicyclic amines) is 1. The van der Waals surface area contributed by atoms with Crippen molar-refractivity contribution >= 4 is 5.78 Å². The highest BCUT2D eigenvalue weighted by Crippen LogP contribution is 2.67. The first-order valence-electron chi connectivity index (χ1n) is 13.0. The molecule has 0 N–H and O–H groups in total. The quantitative estimate of drug-likeness (QED) is 0.494. The first kappa shape index (κ1) is 20.8. The number of piperidine rings is 1. The van der Waals surface area contributed by atoms with Gasteiger partial charge in [-0.3, -0.25) is 4.79 Å². The fourth-order valence-corrected chi connectivity index (χ4v) is 8.97. The van der Waals surface area contributed by atoms with Gasteiger partial charge in [0, 0.05) is 19.0 Å². The molecule has 0 aromatic rings. The van der Waals surface area contributed by atoms with E-state index in [4.69, 9.17) is 0 Å². The van der Waals surface area contributed by atoms with E-state index >= 15 is 0 Å². The van der Waals surface area contributed by atoms with Crippen molar-refractivity contribution < 1.29 is 4.79 Å². The van der Waals surface area contributed by atoms with E-state index in [2.05, 4.69) is 44.9 Å². The van der Waals surface area contributed by atoms with Crippen LogP contribution >= 0.6 is 0 Å². The molecule has 30 heavy (non-hydrogen) atoms. The highest BCUT2D eigenvalue weighted by atomic mass is 16.1. The molecule has 0 bridgehead atoms. The standard InChI is InChI=1S/C28H43NO/c1-19(18-29-16-6-5-7-20(29)2)24-10-11-25-23-9-8-21-17-22(30)12-14-27(21,3)26(23)13-15-28(24,25)4/h17-18,20,23-26H,5-16H2,1-4H3/b19-18-/t20-,23-,24+,25-,26-,27-,28+/m0/s1. The topological polar surface area (TPSA) is 20.3 Å². The third-order valence-electron chi connectivity index (χ3n) is 10.7. The molecule has 7 atom stereocenters. The normalized spacial score (nSPS) is 46.7. The van der Waals surface area contributed by atoms with Crippen molar-refractivity contribution in [2.45, 2.75) is 104 Å². The van der Waals surface area contributed by atoms with E-state index in [1.807, 2.05) is 0 Å². The molecule has 1 heterocycles. The zero-order valence-electron chi connectivity index (χ0n) is 19.9. The van der Waals surface area contributed by atoms with Gasteiger partial charge in [-0.1, -0.05) is 25.0 Å². The molecule has 166 valence electrons. The van der Waals surface area contributed by atoms with Gasteiger partial charge in [-0.2, -0.15) is 0 Å². The lowest BCUT2D eigenvalue weighted by molar-refractivity contribution is -0.117. The van der Waals surface area contributed by atoms with E-state index in [0.29, 0.717) is 22.7 Å². The predicted molar refractivity (Wildman–Crippen MR) is 124 cm³/mol. The lowest BCUT2D eigenvalue weighted by Crippen LogP contribution is -2.50. The highest BCUT2D eigenvalue weighted by Gasteiger charge is 2.59. The van der Waals surface area contributed by atoms with Gasteiger partial charge >= 0.3 is 0 Å². The number of carbonyl (C=O) groups is 1. The second-order valence-corrected chi connectivity index (χ2v) is 12.1. The van der Waals surface area contributed by atoms with E-state index in [9.17, 15) is 4.79 Å². The molecule has 4 aliphatic carbocycles. The highest BCUT2D eigenvalue weighted by molar-refractivity contribution is 5.91. The van der Waals surface area contributed by atoms with Crippen molar-refractivity contribution in [3.05, 3.63) is 23.4 Å². The zero-order valence-corrected chi connectivity index (χ0v) is 19.9. The van der Waals surface area contributed by atoms with Crippen LogP contribution in [-0.4, -0.2) is 23.3 Å². The summed E-state index contributed by atoms with van der Waals surface area (Å²) >= 11 is 0. The van der Waals surface area contributed by atoms with Crippen LogP contribution in [0.3, 0.4) is 0 Å². The second-order valence-electron chi connectivity index (χ2n) is 12.1. The molecule has 0 spiro atoms. The van der Waals surface area contributed by atoms with E-state index in [0.717, 1.165) is 36.5 Å². The number of allylic oxidation sites excluding steroid dienone is 2. The molecule has 4 fully saturated rings. The van der Waals surface area contributed by atoms with Crippen LogP contribution in [0.1, 0.15) is 98.3 Å². The Balaban J connectivity index is 1.38. The molecule has 1 saturated heterocycles. The number of carbonyl (C=O) groups excluding carboxylic acids is 1. The van der Waals surface area contributed by atoms with E-state index < -0.39 is 0 Å². The van der Waals surface area contributed by atoms with Crippen LogP contribution in [-0.2, 0) is 4.79 Å². The molecule has 2 nitrogen and oxygen atoms in total. The summed E-state index contributed by atoms with van der Waals surface area (Å²) in [4.78, 5) is 14.7. The molecule has 1 aliphatic heterocycles. The molecule has 5 aliphatic rings. The minimum Gasteiger partial charge on any atom is -0.375 e. The summed E-state index contributed by atoms with van der Waals surface area (Å²) in [7, 11) is 0. The fraction of sp³-hybridized carbons (Fsp3) is 0.821. The van der Waals surface area contributed by atoms with Crippen molar-refractivity contribution in [3.63, 3.8) is 0 Å². The van der Waals surface area contributed by atoms with Crippen LogP contribution in [0, 0.1) is 34.5 Å². The molecular weight excluding hydrogens is 366 g/mol. The Hall–Kier alpha value is -1.05. The maximum absolute atomic E-state index is 12.1. The number of nitrogens with zero attached hydrogens (tertiary/aromatic N) is 1. The van der Waals surface area contributed by atoms with E-state index in [1.54, 1.807) is 5.57 Å². The number of fused-ring (bicyclic) bond motifs is 5. The smallest absolute Gasteiger partial charge is 0.155 e. The van der Waals surface area contributed by atoms with Gasteiger partial charge in [0.05, 0.1) is 0 Å². The van der Waals surface area contributed by atoms with Crippen molar-refractivity contribution in [1.82, 2.24) is 4.90 Å².